The Kier molecular flexibility index (Phi) is 6.75. The zero-order valence-electron chi connectivity index (χ0n) is 24.7. The molecule has 0 amide bonds. The Hall–Kier alpha value is -4.54. The monoisotopic (exact) mass is 564 g/mol. The number of rotatable bonds is 8. The van der Waals surface area contributed by atoms with Crippen molar-refractivity contribution in [3.63, 3.8) is 0 Å². The molecule has 0 heterocycles. The van der Waals surface area contributed by atoms with Gasteiger partial charge >= 0.3 is 0 Å². The van der Waals surface area contributed by atoms with E-state index in [9.17, 15) is 10.5 Å². The average Bonchev–Trinajstić information content (AvgIpc) is 3.02. The Morgan fingerprint density at radius 1 is 0.651 bits per heavy atom. The van der Waals surface area contributed by atoms with E-state index in [1.54, 1.807) is 0 Å². The molecular weight excluding hydrogens is 528 g/mol. The van der Waals surface area contributed by atoms with Crippen LogP contribution in [0.4, 0.5) is 0 Å². The van der Waals surface area contributed by atoms with Crippen LogP contribution in [0.1, 0.15) is 69.4 Å². The van der Waals surface area contributed by atoms with Crippen molar-refractivity contribution in [2.24, 2.45) is 11.3 Å². The van der Waals surface area contributed by atoms with Gasteiger partial charge in [0.2, 0.25) is 0 Å². The lowest BCUT2D eigenvalue weighted by molar-refractivity contribution is -0.0944. The molecule has 4 saturated carbocycles. The zero-order chi connectivity index (χ0) is 29.5. The lowest BCUT2D eigenvalue weighted by Crippen LogP contribution is -2.60. The van der Waals surface area contributed by atoms with Crippen molar-refractivity contribution in [1.29, 1.82) is 10.5 Å². The van der Waals surface area contributed by atoms with E-state index in [4.69, 9.17) is 9.47 Å². The standard InChI is InChI=1S/C39H36N2O2/c1-2-17-37-20-28-21-38(23-37,31-13-15-35(42-26-40)33(18-31)29-9-5-3-6-10-29)25-39(22-28,24-37)32-14-16-36(43-27-41)34(19-32)30-11-7-4-8-12-30/h3-16,18-19,28H,2,17,20-25H2,1H3. The van der Waals surface area contributed by atoms with Crippen molar-refractivity contribution < 1.29 is 9.47 Å². The molecule has 0 saturated heterocycles. The largest absolute Gasteiger partial charge is 0.387 e. The third-order valence-corrected chi connectivity index (χ3v) is 10.6. The highest BCUT2D eigenvalue weighted by Crippen LogP contribution is 2.71. The fraction of sp³-hybridized carbons (Fsp3) is 0.333. The van der Waals surface area contributed by atoms with Crippen molar-refractivity contribution in [1.82, 2.24) is 0 Å². The summed E-state index contributed by atoms with van der Waals surface area (Å²) in [4.78, 5) is 0. The third-order valence-electron chi connectivity index (χ3n) is 10.6. The Bertz CT molecular complexity index is 1610. The van der Waals surface area contributed by atoms with E-state index < -0.39 is 0 Å². The maximum absolute atomic E-state index is 9.40. The summed E-state index contributed by atoms with van der Waals surface area (Å²) in [5.41, 5.74) is 7.26. The predicted octanol–water partition coefficient (Wildman–Crippen LogP) is 9.70. The lowest BCUT2D eigenvalue weighted by Gasteiger charge is -2.67. The van der Waals surface area contributed by atoms with Crippen LogP contribution in [0.15, 0.2) is 97.1 Å². The first kappa shape index (κ1) is 27.3. The second-order valence-corrected chi connectivity index (χ2v) is 13.4. The van der Waals surface area contributed by atoms with Crippen LogP contribution in [0.3, 0.4) is 0 Å². The highest BCUT2D eigenvalue weighted by molar-refractivity contribution is 5.73. The fourth-order valence-corrected chi connectivity index (χ4v) is 9.77. The van der Waals surface area contributed by atoms with Gasteiger partial charge in [0.05, 0.1) is 0 Å². The normalized spacial score (nSPS) is 26.8. The lowest BCUT2D eigenvalue weighted by atomic mass is 9.37. The molecule has 0 aromatic heterocycles. The van der Waals surface area contributed by atoms with Crippen LogP contribution in [-0.2, 0) is 10.8 Å². The second kappa shape index (κ2) is 10.6. The smallest absolute Gasteiger partial charge is 0.292 e. The number of nitrogens with zero attached hydrogens (tertiary/aromatic N) is 2. The maximum Gasteiger partial charge on any atom is 0.292 e. The minimum absolute atomic E-state index is 0.0536. The molecule has 4 fully saturated rings. The van der Waals surface area contributed by atoms with E-state index >= 15 is 0 Å². The molecule has 2 atom stereocenters. The molecule has 2 unspecified atom stereocenters. The number of hydrogen-bond acceptors (Lipinski definition) is 4. The van der Waals surface area contributed by atoms with Gasteiger partial charge in [-0.3, -0.25) is 0 Å². The molecule has 214 valence electrons. The molecule has 0 aliphatic heterocycles. The molecular formula is C39H36N2O2. The first-order valence-electron chi connectivity index (χ1n) is 15.5. The fourth-order valence-electron chi connectivity index (χ4n) is 9.77. The third kappa shape index (κ3) is 4.67. The molecule has 4 aromatic rings. The molecule has 0 radical (unpaired) electrons. The molecule has 4 aliphatic carbocycles. The van der Waals surface area contributed by atoms with Crippen molar-refractivity contribution in [3.05, 3.63) is 108 Å². The van der Waals surface area contributed by atoms with Gasteiger partial charge in [-0.2, -0.15) is 0 Å². The summed E-state index contributed by atoms with van der Waals surface area (Å²) >= 11 is 0. The highest BCUT2D eigenvalue weighted by Gasteiger charge is 2.63. The summed E-state index contributed by atoms with van der Waals surface area (Å²) in [7, 11) is 0. The van der Waals surface area contributed by atoms with E-state index in [1.165, 1.54) is 56.1 Å². The molecule has 43 heavy (non-hydrogen) atoms. The van der Waals surface area contributed by atoms with Gasteiger partial charge in [-0.1, -0.05) is 86.1 Å². The van der Waals surface area contributed by atoms with E-state index in [1.807, 2.05) is 61.0 Å². The van der Waals surface area contributed by atoms with Gasteiger partial charge < -0.3 is 9.47 Å². The summed E-state index contributed by atoms with van der Waals surface area (Å²) in [6, 6.07) is 33.7. The maximum atomic E-state index is 9.40. The summed E-state index contributed by atoms with van der Waals surface area (Å²) in [5, 5.41) is 18.8. The van der Waals surface area contributed by atoms with E-state index in [2.05, 4.69) is 55.5 Å². The average molecular weight is 565 g/mol. The summed E-state index contributed by atoms with van der Waals surface area (Å²) in [5.74, 6) is 1.88. The van der Waals surface area contributed by atoms with Crippen molar-refractivity contribution in [3.8, 4) is 46.3 Å². The number of benzene rings is 4. The highest BCUT2D eigenvalue weighted by atomic mass is 16.5. The zero-order valence-corrected chi connectivity index (χ0v) is 24.7. The van der Waals surface area contributed by atoms with Gasteiger partial charge in [-0.25, -0.2) is 0 Å². The van der Waals surface area contributed by atoms with Crippen molar-refractivity contribution in [2.75, 3.05) is 0 Å². The van der Waals surface area contributed by atoms with Crippen LogP contribution >= 0.6 is 0 Å². The van der Waals surface area contributed by atoms with Gasteiger partial charge in [0.25, 0.3) is 12.5 Å². The first-order valence-corrected chi connectivity index (χ1v) is 15.5. The molecule has 0 spiro atoms. The molecule has 4 aromatic carbocycles. The minimum atomic E-state index is 0.0536. The number of hydrogen-bond donors (Lipinski definition) is 0. The number of ether oxygens (including phenoxy) is 2. The summed E-state index contributed by atoms with van der Waals surface area (Å²) in [6.07, 6.45) is 13.5. The summed E-state index contributed by atoms with van der Waals surface area (Å²) in [6.45, 7) is 2.33. The van der Waals surface area contributed by atoms with Crippen LogP contribution in [0.25, 0.3) is 22.3 Å². The van der Waals surface area contributed by atoms with Crippen molar-refractivity contribution in [2.45, 2.75) is 69.1 Å². The van der Waals surface area contributed by atoms with E-state index in [0.29, 0.717) is 22.8 Å². The van der Waals surface area contributed by atoms with Crippen molar-refractivity contribution >= 4 is 0 Å². The SMILES string of the molecule is CCCC12CC3CC(c4ccc(OC#N)c(-c5ccccc5)c4)(C1)CC(c1ccc(OC#N)c(-c4ccccc4)c1)(C3)C2. The number of nitriles is 2. The quantitative estimate of drug-likeness (QED) is 0.200. The van der Waals surface area contributed by atoms with Gasteiger partial charge in [0.15, 0.2) is 0 Å². The molecule has 4 heteroatoms. The van der Waals surface area contributed by atoms with E-state index in [-0.39, 0.29) is 10.8 Å². The topological polar surface area (TPSA) is 66.0 Å². The molecule has 8 rings (SSSR count). The van der Waals surface area contributed by atoms with E-state index in [0.717, 1.165) is 28.7 Å². The minimum Gasteiger partial charge on any atom is -0.387 e. The molecule has 4 aliphatic rings. The van der Waals surface area contributed by atoms with Crippen LogP contribution in [0, 0.1) is 34.4 Å². The summed E-state index contributed by atoms with van der Waals surface area (Å²) < 4.78 is 10.9. The van der Waals surface area contributed by atoms with Gasteiger partial charge in [0.1, 0.15) is 11.5 Å². The van der Waals surface area contributed by atoms with Gasteiger partial charge in [0, 0.05) is 11.1 Å². The first-order chi connectivity index (χ1) is 21.0. The van der Waals surface area contributed by atoms with Crippen LogP contribution in [-0.4, -0.2) is 0 Å². The Balaban J connectivity index is 1.37. The van der Waals surface area contributed by atoms with Crippen LogP contribution < -0.4 is 9.47 Å². The van der Waals surface area contributed by atoms with Crippen LogP contribution in [0.5, 0.6) is 11.5 Å². The van der Waals surface area contributed by atoms with Crippen LogP contribution in [0.2, 0.25) is 0 Å². The van der Waals surface area contributed by atoms with Gasteiger partial charge in [-0.05, 0) is 114 Å². The van der Waals surface area contributed by atoms with Gasteiger partial charge in [-0.15, -0.1) is 10.5 Å². The Morgan fingerprint density at radius 3 is 1.58 bits per heavy atom. The molecule has 4 nitrogen and oxygen atoms in total. The predicted molar refractivity (Wildman–Crippen MR) is 168 cm³/mol. The Morgan fingerprint density at radius 2 is 1.14 bits per heavy atom. The molecule has 0 N–H and O–H groups in total. The molecule has 4 bridgehead atoms. The second-order valence-electron chi connectivity index (χ2n) is 13.4. The Labute approximate surface area is 254 Å².